The molecule has 17 heavy (non-hydrogen) atoms. The lowest BCUT2D eigenvalue weighted by Gasteiger charge is -2.22. The molecule has 1 unspecified atom stereocenters. The predicted octanol–water partition coefficient (Wildman–Crippen LogP) is 3.34. The van der Waals surface area contributed by atoms with Gasteiger partial charge < -0.3 is 4.90 Å². The molecule has 1 aromatic carbocycles. The van der Waals surface area contributed by atoms with Gasteiger partial charge in [-0.05, 0) is 36.4 Å². The number of thiophene rings is 1. The van der Waals surface area contributed by atoms with Crippen molar-refractivity contribution in [1.82, 2.24) is 0 Å². The third-order valence-electron chi connectivity index (χ3n) is 3.19. The number of hydrogen-bond acceptors (Lipinski definition) is 2. The normalized spacial score (nSPS) is 18.2. The number of hydrogen-bond donors (Lipinski definition) is 0. The molecule has 0 aliphatic carbocycles. The Kier molecular flexibility index (Phi) is 2.48. The Hall–Kier alpha value is -1.61. The van der Waals surface area contributed by atoms with E-state index in [0.717, 1.165) is 17.7 Å². The number of carbonyl (C=O) groups excluding carboxylic acids is 1. The fourth-order valence-electron chi connectivity index (χ4n) is 2.40. The maximum absolute atomic E-state index is 12.4. The summed E-state index contributed by atoms with van der Waals surface area (Å²) in [6.45, 7) is 2.10. The van der Waals surface area contributed by atoms with Crippen molar-refractivity contribution < 1.29 is 4.79 Å². The number of anilines is 1. The fourth-order valence-corrected chi connectivity index (χ4v) is 3.03. The van der Waals surface area contributed by atoms with E-state index in [1.807, 2.05) is 39.9 Å². The van der Waals surface area contributed by atoms with E-state index in [9.17, 15) is 4.79 Å². The highest BCUT2D eigenvalue weighted by Gasteiger charge is 2.31. The lowest BCUT2D eigenvalue weighted by Crippen LogP contribution is -2.35. The second kappa shape index (κ2) is 4.00. The van der Waals surface area contributed by atoms with Gasteiger partial charge in [0.05, 0.1) is 5.56 Å². The summed E-state index contributed by atoms with van der Waals surface area (Å²) in [6, 6.07) is 10.3. The Morgan fingerprint density at radius 3 is 2.94 bits per heavy atom. The van der Waals surface area contributed by atoms with Crippen LogP contribution in [0.25, 0.3) is 0 Å². The van der Waals surface area contributed by atoms with Crippen LogP contribution in [0.3, 0.4) is 0 Å². The summed E-state index contributed by atoms with van der Waals surface area (Å²) < 4.78 is 0. The molecule has 2 heterocycles. The highest BCUT2D eigenvalue weighted by Crippen LogP contribution is 2.33. The number of carbonyl (C=O) groups is 1. The Bertz CT molecular complexity index is 547. The first kappa shape index (κ1) is 10.5. The zero-order valence-electron chi connectivity index (χ0n) is 9.59. The van der Waals surface area contributed by atoms with Gasteiger partial charge in [-0.3, -0.25) is 4.79 Å². The Labute approximate surface area is 105 Å². The number of nitrogens with zero attached hydrogens (tertiary/aromatic N) is 1. The minimum absolute atomic E-state index is 0.115. The maximum atomic E-state index is 12.4. The van der Waals surface area contributed by atoms with Crippen molar-refractivity contribution in [1.29, 1.82) is 0 Å². The molecule has 3 rings (SSSR count). The third-order valence-corrected chi connectivity index (χ3v) is 3.88. The standard InChI is InChI=1S/C14H13NOS/c1-10-8-11-4-2-3-5-13(11)15(10)14(16)12-6-7-17-9-12/h2-7,9-10H,8H2,1H3. The minimum atomic E-state index is 0.115. The van der Waals surface area contributed by atoms with Crippen molar-refractivity contribution in [3.63, 3.8) is 0 Å². The average Bonchev–Trinajstić information content (AvgIpc) is 2.94. The molecule has 0 spiro atoms. The highest BCUT2D eigenvalue weighted by molar-refractivity contribution is 7.08. The first-order chi connectivity index (χ1) is 8.27. The summed E-state index contributed by atoms with van der Waals surface area (Å²) in [7, 11) is 0. The lowest BCUT2D eigenvalue weighted by atomic mass is 10.1. The first-order valence-corrected chi connectivity index (χ1v) is 6.65. The molecular formula is C14H13NOS. The van der Waals surface area contributed by atoms with Crippen molar-refractivity contribution in [3.8, 4) is 0 Å². The molecule has 1 aliphatic rings. The average molecular weight is 243 g/mol. The zero-order chi connectivity index (χ0) is 11.8. The van der Waals surface area contributed by atoms with Crippen LogP contribution in [0.15, 0.2) is 41.1 Å². The van der Waals surface area contributed by atoms with E-state index in [-0.39, 0.29) is 11.9 Å². The van der Waals surface area contributed by atoms with Crippen LogP contribution < -0.4 is 4.90 Å². The van der Waals surface area contributed by atoms with Crippen LogP contribution >= 0.6 is 11.3 Å². The molecule has 0 bridgehead atoms. The van der Waals surface area contributed by atoms with Crippen molar-refractivity contribution in [3.05, 3.63) is 52.2 Å². The van der Waals surface area contributed by atoms with E-state index < -0.39 is 0 Å². The molecule has 0 fully saturated rings. The predicted molar refractivity (Wildman–Crippen MR) is 70.7 cm³/mol. The third kappa shape index (κ3) is 1.67. The molecule has 0 saturated heterocycles. The van der Waals surface area contributed by atoms with E-state index >= 15 is 0 Å². The van der Waals surface area contributed by atoms with E-state index in [4.69, 9.17) is 0 Å². The van der Waals surface area contributed by atoms with Gasteiger partial charge in [-0.15, -0.1) is 0 Å². The van der Waals surface area contributed by atoms with Gasteiger partial charge in [0.2, 0.25) is 0 Å². The maximum Gasteiger partial charge on any atom is 0.259 e. The molecule has 2 aromatic rings. The summed E-state index contributed by atoms with van der Waals surface area (Å²) in [5.74, 6) is 0.115. The quantitative estimate of drug-likeness (QED) is 0.752. The molecule has 0 saturated carbocycles. The van der Waals surface area contributed by atoms with Crippen LogP contribution in [0, 0.1) is 0 Å². The van der Waals surface area contributed by atoms with Crippen molar-refractivity contribution in [2.24, 2.45) is 0 Å². The summed E-state index contributed by atoms with van der Waals surface area (Å²) in [5.41, 5.74) is 3.12. The van der Waals surface area contributed by atoms with E-state index in [2.05, 4.69) is 13.0 Å². The minimum Gasteiger partial charge on any atom is -0.305 e. The Balaban J connectivity index is 2.01. The smallest absolute Gasteiger partial charge is 0.259 e. The van der Waals surface area contributed by atoms with Crippen LogP contribution in [-0.4, -0.2) is 11.9 Å². The molecule has 1 aliphatic heterocycles. The molecule has 1 atom stereocenters. The highest BCUT2D eigenvalue weighted by atomic mass is 32.1. The largest absolute Gasteiger partial charge is 0.305 e. The molecule has 2 nitrogen and oxygen atoms in total. The van der Waals surface area contributed by atoms with Crippen molar-refractivity contribution in [2.45, 2.75) is 19.4 Å². The molecule has 0 radical (unpaired) electrons. The van der Waals surface area contributed by atoms with E-state index in [1.165, 1.54) is 5.56 Å². The van der Waals surface area contributed by atoms with Crippen molar-refractivity contribution >= 4 is 22.9 Å². The van der Waals surface area contributed by atoms with Crippen LogP contribution in [0.4, 0.5) is 5.69 Å². The van der Waals surface area contributed by atoms with E-state index in [0.29, 0.717) is 0 Å². The van der Waals surface area contributed by atoms with Crippen LogP contribution in [-0.2, 0) is 6.42 Å². The number of rotatable bonds is 1. The second-order valence-corrected chi connectivity index (χ2v) is 5.15. The lowest BCUT2D eigenvalue weighted by molar-refractivity contribution is 0.0982. The van der Waals surface area contributed by atoms with Crippen molar-refractivity contribution in [2.75, 3.05) is 4.90 Å². The summed E-state index contributed by atoms with van der Waals surface area (Å²) in [4.78, 5) is 14.3. The monoisotopic (exact) mass is 243 g/mol. The van der Waals surface area contributed by atoms with Crippen LogP contribution in [0.5, 0.6) is 0 Å². The van der Waals surface area contributed by atoms with Gasteiger partial charge in [-0.1, -0.05) is 18.2 Å². The molecule has 86 valence electrons. The number of fused-ring (bicyclic) bond motifs is 1. The van der Waals surface area contributed by atoms with Gasteiger partial charge in [0.15, 0.2) is 0 Å². The Morgan fingerprint density at radius 1 is 1.35 bits per heavy atom. The van der Waals surface area contributed by atoms with Gasteiger partial charge in [-0.25, -0.2) is 0 Å². The molecular weight excluding hydrogens is 230 g/mol. The molecule has 3 heteroatoms. The van der Waals surface area contributed by atoms with Gasteiger partial charge in [-0.2, -0.15) is 11.3 Å². The molecule has 1 amide bonds. The number of benzene rings is 1. The van der Waals surface area contributed by atoms with Gasteiger partial charge >= 0.3 is 0 Å². The van der Waals surface area contributed by atoms with Gasteiger partial charge in [0, 0.05) is 17.1 Å². The number of para-hydroxylation sites is 1. The molecule has 0 N–H and O–H groups in total. The van der Waals surface area contributed by atoms with Crippen LogP contribution in [0.1, 0.15) is 22.8 Å². The Morgan fingerprint density at radius 2 is 2.18 bits per heavy atom. The zero-order valence-corrected chi connectivity index (χ0v) is 10.4. The summed E-state index contributed by atoms with van der Waals surface area (Å²) in [6.07, 6.45) is 0.950. The fraction of sp³-hybridized carbons (Fsp3) is 0.214. The second-order valence-electron chi connectivity index (χ2n) is 4.37. The van der Waals surface area contributed by atoms with Crippen LogP contribution in [0.2, 0.25) is 0 Å². The summed E-state index contributed by atoms with van der Waals surface area (Å²) in [5, 5.41) is 3.86. The topological polar surface area (TPSA) is 20.3 Å². The number of amides is 1. The SMILES string of the molecule is CC1Cc2ccccc2N1C(=O)c1ccsc1. The summed E-state index contributed by atoms with van der Waals surface area (Å²) >= 11 is 1.56. The van der Waals surface area contributed by atoms with Gasteiger partial charge in [0.1, 0.15) is 0 Å². The first-order valence-electron chi connectivity index (χ1n) is 5.71. The van der Waals surface area contributed by atoms with E-state index in [1.54, 1.807) is 11.3 Å². The molecule has 1 aromatic heterocycles. The van der Waals surface area contributed by atoms with Gasteiger partial charge in [0.25, 0.3) is 5.91 Å².